The van der Waals surface area contributed by atoms with Crippen LogP contribution in [0.1, 0.15) is 12.6 Å². The van der Waals surface area contributed by atoms with Crippen LogP contribution < -0.4 is 4.72 Å². The lowest BCUT2D eigenvalue weighted by atomic mass is 10.1. The summed E-state index contributed by atoms with van der Waals surface area (Å²) in [7, 11) is -3.99. The molecule has 1 fully saturated rings. The van der Waals surface area contributed by atoms with E-state index in [1.165, 1.54) is 18.5 Å². The molecule has 1 aliphatic heterocycles. The number of H-pyrrole nitrogens is 1. The van der Waals surface area contributed by atoms with E-state index in [-0.39, 0.29) is 17.2 Å². The van der Waals surface area contributed by atoms with Crippen LogP contribution in [0.25, 0.3) is 0 Å². The van der Waals surface area contributed by atoms with Crippen LogP contribution >= 0.6 is 0 Å². The van der Waals surface area contributed by atoms with Crippen molar-refractivity contribution >= 4 is 15.9 Å². The van der Waals surface area contributed by atoms with E-state index in [9.17, 15) is 17.6 Å². The van der Waals surface area contributed by atoms with Gasteiger partial charge in [0.05, 0.1) is 11.2 Å². The van der Waals surface area contributed by atoms with E-state index in [2.05, 4.69) is 26.5 Å². The van der Waals surface area contributed by atoms with Crippen molar-refractivity contribution in [2.24, 2.45) is 0 Å². The number of halogens is 1. The zero-order valence-corrected chi connectivity index (χ0v) is 16.5. The quantitative estimate of drug-likeness (QED) is 0.698. The largest absolute Gasteiger partial charge is 0.348 e. The van der Waals surface area contributed by atoms with Gasteiger partial charge in [-0.3, -0.25) is 4.79 Å². The summed E-state index contributed by atoms with van der Waals surface area (Å²) in [6.45, 7) is 5.58. The Kier molecular flexibility index (Phi) is 6.42. The monoisotopic (exact) mass is 409 g/mol. The smallest absolute Gasteiger partial charge is 0.241 e. The number of nitrogens with one attached hydrogen (secondary N) is 2. The summed E-state index contributed by atoms with van der Waals surface area (Å²) in [5.74, 6) is -0.811. The molecule has 2 heterocycles. The van der Waals surface area contributed by atoms with Crippen LogP contribution in [0, 0.1) is 5.82 Å². The highest BCUT2D eigenvalue weighted by molar-refractivity contribution is 7.89. The van der Waals surface area contributed by atoms with Crippen LogP contribution in [-0.4, -0.2) is 72.9 Å². The van der Waals surface area contributed by atoms with E-state index >= 15 is 0 Å². The molecular formula is C18H24FN5O3S. The normalized spacial score (nSPS) is 16.9. The number of carbonyl (C=O) groups is 1. The fourth-order valence-electron chi connectivity index (χ4n) is 3.17. The number of piperazine rings is 1. The second-order valence-electron chi connectivity index (χ2n) is 6.67. The molecule has 1 aromatic heterocycles. The first-order valence-electron chi connectivity index (χ1n) is 9.15. The molecule has 2 aromatic rings. The van der Waals surface area contributed by atoms with Gasteiger partial charge in [-0.25, -0.2) is 17.8 Å². The van der Waals surface area contributed by atoms with Crippen molar-refractivity contribution in [3.8, 4) is 0 Å². The maximum atomic E-state index is 13.1. The molecule has 152 valence electrons. The van der Waals surface area contributed by atoms with Crippen molar-refractivity contribution < 1.29 is 17.6 Å². The number of rotatable bonds is 7. The zero-order chi connectivity index (χ0) is 20.1. The number of likely N-dealkylation sites (N-methyl/N-ethyl adjacent to an activating group) is 1. The molecule has 8 nitrogen and oxygen atoms in total. The van der Waals surface area contributed by atoms with Crippen LogP contribution in [0.2, 0.25) is 0 Å². The Balaban J connectivity index is 1.78. The summed E-state index contributed by atoms with van der Waals surface area (Å²) in [6, 6.07) is 3.52. The number of carbonyl (C=O) groups excluding carboxylic acids is 1. The molecule has 1 saturated heterocycles. The highest BCUT2D eigenvalue weighted by Gasteiger charge is 2.31. The van der Waals surface area contributed by atoms with Crippen LogP contribution in [0.4, 0.5) is 4.39 Å². The van der Waals surface area contributed by atoms with Gasteiger partial charge in [-0.15, -0.1) is 0 Å². The summed E-state index contributed by atoms with van der Waals surface area (Å²) >= 11 is 0. The van der Waals surface area contributed by atoms with Gasteiger partial charge in [0.1, 0.15) is 11.9 Å². The average Bonchev–Trinajstić information content (AvgIpc) is 3.20. The van der Waals surface area contributed by atoms with Gasteiger partial charge in [0.15, 0.2) is 0 Å². The topological polar surface area (TPSA) is 98.4 Å². The maximum absolute atomic E-state index is 13.1. The molecule has 0 spiro atoms. The Labute approximate surface area is 163 Å². The molecule has 1 aliphatic rings. The van der Waals surface area contributed by atoms with Gasteiger partial charge in [-0.1, -0.05) is 6.92 Å². The summed E-state index contributed by atoms with van der Waals surface area (Å²) in [5, 5.41) is 0. The molecule has 28 heavy (non-hydrogen) atoms. The predicted molar refractivity (Wildman–Crippen MR) is 101 cm³/mol. The van der Waals surface area contributed by atoms with E-state index in [1.807, 2.05) is 0 Å². The van der Waals surface area contributed by atoms with Crippen molar-refractivity contribution in [2.75, 3.05) is 32.7 Å². The number of aromatic nitrogens is 2. The second-order valence-corrected chi connectivity index (χ2v) is 8.38. The molecule has 0 aliphatic carbocycles. The number of benzene rings is 1. The van der Waals surface area contributed by atoms with Crippen molar-refractivity contribution in [1.29, 1.82) is 0 Å². The van der Waals surface area contributed by atoms with Gasteiger partial charge in [0, 0.05) is 44.5 Å². The molecule has 10 heteroatoms. The maximum Gasteiger partial charge on any atom is 0.241 e. The molecule has 3 rings (SSSR count). The number of imidazole rings is 1. The molecule has 2 N–H and O–H groups in total. The van der Waals surface area contributed by atoms with Gasteiger partial charge in [0.2, 0.25) is 15.9 Å². The Morgan fingerprint density at radius 1 is 1.25 bits per heavy atom. The van der Waals surface area contributed by atoms with Crippen molar-refractivity contribution in [2.45, 2.75) is 24.3 Å². The SMILES string of the molecule is CCN1CCN(C(=O)[C@@H](Cc2cnc[nH]2)NS(=O)(=O)c2ccc(F)cc2)CC1. The Hall–Kier alpha value is -2.30. The minimum Gasteiger partial charge on any atom is -0.348 e. The molecule has 1 atom stereocenters. The zero-order valence-electron chi connectivity index (χ0n) is 15.6. The lowest BCUT2D eigenvalue weighted by Crippen LogP contribution is -2.55. The van der Waals surface area contributed by atoms with Crippen LogP contribution in [-0.2, 0) is 21.2 Å². The summed E-state index contributed by atoms with van der Waals surface area (Å²) in [6.07, 6.45) is 3.18. The predicted octanol–water partition coefficient (Wildman–Crippen LogP) is 0.603. The fraction of sp³-hybridized carbons (Fsp3) is 0.444. The third-order valence-electron chi connectivity index (χ3n) is 4.83. The summed E-state index contributed by atoms with van der Waals surface area (Å²) < 4.78 is 41.1. The van der Waals surface area contributed by atoms with Crippen molar-refractivity contribution in [3.05, 3.63) is 48.3 Å². The molecule has 0 unspecified atom stereocenters. The Morgan fingerprint density at radius 3 is 2.50 bits per heavy atom. The van der Waals surface area contributed by atoms with Gasteiger partial charge in [0.25, 0.3) is 0 Å². The van der Waals surface area contributed by atoms with Gasteiger partial charge < -0.3 is 14.8 Å². The molecule has 0 bridgehead atoms. The van der Waals surface area contributed by atoms with E-state index in [0.717, 1.165) is 31.8 Å². The number of hydrogen-bond acceptors (Lipinski definition) is 5. The average molecular weight is 409 g/mol. The summed E-state index contributed by atoms with van der Waals surface area (Å²) in [5.41, 5.74) is 0.646. The van der Waals surface area contributed by atoms with Gasteiger partial charge in [-0.2, -0.15) is 4.72 Å². The number of aromatic amines is 1. The minimum absolute atomic E-state index is 0.0906. The number of hydrogen-bond donors (Lipinski definition) is 2. The van der Waals surface area contributed by atoms with E-state index in [1.54, 1.807) is 11.1 Å². The van der Waals surface area contributed by atoms with E-state index < -0.39 is 21.9 Å². The van der Waals surface area contributed by atoms with Crippen molar-refractivity contribution in [3.63, 3.8) is 0 Å². The summed E-state index contributed by atoms with van der Waals surface area (Å²) in [4.78, 5) is 23.7. The first-order valence-corrected chi connectivity index (χ1v) is 10.6. The standard InChI is InChI=1S/C18H24FN5O3S/c1-2-23-7-9-24(10-8-23)18(25)17(11-15-12-20-13-21-15)22-28(26,27)16-5-3-14(19)4-6-16/h3-6,12-13,17,22H,2,7-11H2,1H3,(H,20,21)/t17-/m1/s1. The van der Waals surface area contributed by atoms with Crippen molar-refractivity contribution in [1.82, 2.24) is 24.5 Å². The lowest BCUT2D eigenvalue weighted by Gasteiger charge is -2.36. The molecule has 1 aromatic carbocycles. The Bertz CT molecular complexity index is 878. The third-order valence-corrected chi connectivity index (χ3v) is 6.32. The Morgan fingerprint density at radius 2 is 1.93 bits per heavy atom. The molecule has 0 saturated carbocycles. The number of amides is 1. The van der Waals surface area contributed by atoms with Crippen LogP contribution in [0.15, 0.2) is 41.7 Å². The highest BCUT2D eigenvalue weighted by atomic mass is 32.2. The number of sulfonamides is 1. The van der Waals surface area contributed by atoms with Crippen LogP contribution in [0.5, 0.6) is 0 Å². The number of nitrogens with zero attached hydrogens (tertiary/aromatic N) is 3. The first kappa shape index (κ1) is 20.4. The van der Waals surface area contributed by atoms with Crippen LogP contribution in [0.3, 0.4) is 0 Å². The lowest BCUT2D eigenvalue weighted by molar-refractivity contribution is -0.134. The van der Waals surface area contributed by atoms with Gasteiger partial charge >= 0.3 is 0 Å². The molecular weight excluding hydrogens is 385 g/mol. The molecule has 0 radical (unpaired) electrons. The second kappa shape index (κ2) is 8.80. The first-order chi connectivity index (χ1) is 13.4. The third kappa shape index (κ3) is 4.94. The van der Waals surface area contributed by atoms with E-state index in [0.29, 0.717) is 18.8 Å². The van der Waals surface area contributed by atoms with Gasteiger partial charge in [-0.05, 0) is 30.8 Å². The highest BCUT2D eigenvalue weighted by Crippen LogP contribution is 2.13. The minimum atomic E-state index is -3.99. The van der Waals surface area contributed by atoms with E-state index in [4.69, 9.17) is 0 Å². The molecule has 1 amide bonds. The fourth-order valence-corrected chi connectivity index (χ4v) is 4.36.